The minimum absolute atomic E-state index is 0.562. The number of rotatable bonds is 3. The predicted octanol–water partition coefficient (Wildman–Crippen LogP) is 2.49. The van der Waals surface area contributed by atoms with Crippen LogP contribution in [0.25, 0.3) is 0 Å². The van der Waals surface area contributed by atoms with Gasteiger partial charge in [-0.2, -0.15) is 10.2 Å². The first-order valence-corrected chi connectivity index (χ1v) is 10.6. The van der Waals surface area contributed by atoms with Crippen LogP contribution in [-0.4, -0.2) is 67.4 Å². The standard InChI is InChI=1S/C21H26ClN7O/c1-14-12-18(26-21(24-14)29-8-10-30-11-9-29)27-4-6-28(7-5-27)20-17(13-23)15(2)19(22)16(3)25-20/h12H,4-11H2,1-3H3. The van der Waals surface area contributed by atoms with Crippen LogP contribution in [0, 0.1) is 32.1 Å². The third-order valence-electron chi connectivity index (χ3n) is 5.66. The van der Waals surface area contributed by atoms with E-state index in [0.717, 1.165) is 73.8 Å². The van der Waals surface area contributed by atoms with E-state index in [-0.39, 0.29) is 0 Å². The summed E-state index contributed by atoms with van der Waals surface area (Å²) in [5.41, 5.74) is 3.07. The number of pyridine rings is 1. The van der Waals surface area contributed by atoms with Crippen molar-refractivity contribution in [1.82, 2.24) is 15.0 Å². The maximum atomic E-state index is 9.64. The first-order chi connectivity index (χ1) is 14.5. The van der Waals surface area contributed by atoms with Crippen molar-refractivity contribution < 1.29 is 4.74 Å². The number of anilines is 3. The molecule has 9 heteroatoms. The van der Waals surface area contributed by atoms with Gasteiger partial charge < -0.3 is 19.4 Å². The quantitative estimate of drug-likeness (QED) is 0.738. The zero-order valence-electron chi connectivity index (χ0n) is 17.7. The molecule has 8 nitrogen and oxygen atoms in total. The lowest BCUT2D eigenvalue weighted by molar-refractivity contribution is 0.122. The summed E-state index contributed by atoms with van der Waals surface area (Å²) >= 11 is 6.30. The number of piperazine rings is 1. The first-order valence-electron chi connectivity index (χ1n) is 10.2. The van der Waals surface area contributed by atoms with Crippen LogP contribution in [0.15, 0.2) is 6.07 Å². The molecule has 2 fully saturated rings. The molecular weight excluding hydrogens is 402 g/mol. The lowest BCUT2D eigenvalue weighted by Crippen LogP contribution is -2.47. The summed E-state index contributed by atoms with van der Waals surface area (Å²) < 4.78 is 5.44. The molecule has 0 radical (unpaired) electrons. The number of nitriles is 1. The van der Waals surface area contributed by atoms with Crippen molar-refractivity contribution in [3.8, 4) is 6.07 Å². The fourth-order valence-electron chi connectivity index (χ4n) is 3.93. The van der Waals surface area contributed by atoms with Crippen LogP contribution in [0.5, 0.6) is 0 Å². The molecule has 4 heterocycles. The summed E-state index contributed by atoms with van der Waals surface area (Å²) in [5, 5.41) is 10.2. The highest BCUT2D eigenvalue weighted by atomic mass is 35.5. The average Bonchev–Trinajstić information content (AvgIpc) is 2.77. The minimum Gasteiger partial charge on any atom is -0.378 e. The van der Waals surface area contributed by atoms with Crippen molar-refractivity contribution in [3.63, 3.8) is 0 Å². The Labute approximate surface area is 182 Å². The van der Waals surface area contributed by atoms with Gasteiger partial charge in [-0.15, -0.1) is 0 Å². The molecular formula is C21H26ClN7O. The predicted molar refractivity (Wildman–Crippen MR) is 118 cm³/mol. The van der Waals surface area contributed by atoms with Crippen LogP contribution in [0.2, 0.25) is 5.02 Å². The van der Waals surface area contributed by atoms with E-state index < -0.39 is 0 Å². The number of ether oxygens (including phenoxy) is 1. The van der Waals surface area contributed by atoms with Gasteiger partial charge >= 0.3 is 0 Å². The Morgan fingerprint density at radius 2 is 1.60 bits per heavy atom. The SMILES string of the molecule is Cc1cc(N2CCN(c3nc(C)c(Cl)c(C)c3C#N)CC2)nc(N2CCOCC2)n1. The van der Waals surface area contributed by atoms with Crippen molar-refractivity contribution in [2.24, 2.45) is 0 Å². The van der Waals surface area contributed by atoms with Crippen LogP contribution in [0.3, 0.4) is 0 Å². The Bertz CT molecular complexity index is 976. The summed E-state index contributed by atoms with van der Waals surface area (Å²) in [6, 6.07) is 4.32. The molecule has 2 aliphatic heterocycles. The van der Waals surface area contributed by atoms with Gasteiger partial charge in [0.1, 0.15) is 17.7 Å². The van der Waals surface area contributed by atoms with Crippen molar-refractivity contribution in [3.05, 3.63) is 33.6 Å². The Morgan fingerprint density at radius 1 is 0.933 bits per heavy atom. The van der Waals surface area contributed by atoms with Gasteiger partial charge in [-0.1, -0.05) is 11.6 Å². The maximum Gasteiger partial charge on any atom is 0.227 e. The number of aryl methyl sites for hydroxylation is 2. The monoisotopic (exact) mass is 427 g/mol. The van der Waals surface area contributed by atoms with E-state index in [0.29, 0.717) is 23.8 Å². The molecule has 0 bridgehead atoms. The number of halogens is 1. The fourth-order valence-corrected chi connectivity index (χ4v) is 4.06. The molecule has 2 aromatic heterocycles. The number of aromatic nitrogens is 3. The molecule has 0 atom stereocenters. The van der Waals surface area contributed by atoms with Crippen LogP contribution < -0.4 is 14.7 Å². The second-order valence-electron chi connectivity index (χ2n) is 7.69. The van der Waals surface area contributed by atoms with E-state index in [2.05, 4.69) is 30.7 Å². The molecule has 2 saturated heterocycles. The Kier molecular flexibility index (Phi) is 5.93. The smallest absolute Gasteiger partial charge is 0.227 e. The minimum atomic E-state index is 0.562. The van der Waals surface area contributed by atoms with E-state index in [1.165, 1.54) is 0 Å². The molecule has 4 rings (SSSR count). The highest BCUT2D eigenvalue weighted by molar-refractivity contribution is 6.32. The largest absolute Gasteiger partial charge is 0.378 e. The van der Waals surface area contributed by atoms with Gasteiger partial charge in [-0.25, -0.2) is 9.97 Å². The summed E-state index contributed by atoms with van der Waals surface area (Å²) in [7, 11) is 0. The first kappa shape index (κ1) is 20.6. The highest BCUT2D eigenvalue weighted by Crippen LogP contribution is 2.30. The molecule has 0 saturated carbocycles. The number of hydrogen-bond donors (Lipinski definition) is 0. The Balaban J connectivity index is 1.52. The Morgan fingerprint density at radius 3 is 2.27 bits per heavy atom. The molecule has 0 unspecified atom stereocenters. The van der Waals surface area contributed by atoms with E-state index in [9.17, 15) is 5.26 Å². The highest BCUT2D eigenvalue weighted by Gasteiger charge is 2.25. The van der Waals surface area contributed by atoms with Crippen LogP contribution in [0.1, 0.15) is 22.5 Å². The summed E-state index contributed by atoms with van der Waals surface area (Å²) in [6.45, 7) is 11.9. The zero-order chi connectivity index (χ0) is 21.3. The van der Waals surface area contributed by atoms with Crippen molar-refractivity contribution >= 4 is 29.2 Å². The molecule has 0 amide bonds. The molecule has 0 N–H and O–H groups in total. The lowest BCUT2D eigenvalue weighted by Gasteiger charge is -2.37. The van der Waals surface area contributed by atoms with Gasteiger partial charge in [-0.05, 0) is 26.3 Å². The molecule has 0 aliphatic carbocycles. The third kappa shape index (κ3) is 4.00. The maximum absolute atomic E-state index is 9.64. The normalized spacial score (nSPS) is 17.2. The number of morpholine rings is 1. The van der Waals surface area contributed by atoms with E-state index >= 15 is 0 Å². The zero-order valence-corrected chi connectivity index (χ0v) is 18.4. The third-order valence-corrected chi connectivity index (χ3v) is 6.21. The topological polar surface area (TPSA) is 81.4 Å². The molecule has 0 aromatic carbocycles. The van der Waals surface area contributed by atoms with Gasteiger partial charge in [0.05, 0.1) is 29.5 Å². The fraction of sp³-hybridized carbons (Fsp3) is 0.524. The lowest BCUT2D eigenvalue weighted by atomic mass is 10.1. The second-order valence-corrected chi connectivity index (χ2v) is 8.07. The van der Waals surface area contributed by atoms with Crippen molar-refractivity contribution in [2.45, 2.75) is 20.8 Å². The molecule has 0 spiro atoms. The Hall–Kier alpha value is -2.63. The molecule has 2 aromatic rings. The van der Waals surface area contributed by atoms with E-state index in [1.54, 1.807) is 0 Å². The molecule has 2 aliphatic rings. The molecule has 158 valence electrons. The van der Waals surface area contributed by atoms with Gasteiger partial charge in [0.2, 0.25) is 5.95 Å². The van der Waals surface area contributed by atoms with Crippen molar-refractivity contribution in [2.75, 3.05) is 67.2 Å². The van der Waals surface area contributed by atoms with Crippen molar-refractivity contribution in [1.29, 1.82) is 5.26 Å². The summed E-state index contributed by atoms with van der Waals surface area (Å²) in [4.78, 5) is 20.7. The van der Waals surface area contributed by atoms with Crippen LogP contribution in [-0.2, 0) is 4.74 Å². The summed E-state index contributed by atoms with van der Waals surface area (Å²) in [5.74, 6) is 2.44. The van der Waals surface area contributed by atoms with Crippen LogP contribution in [0.4, 0.5) is 17.6 Å². The van der Waals surface area contributed by atoms with E-state index in [1.807, 2.05) is 26.8 Å². The van der Waals surface area contributed by atoms with Crippen LogP contribution >= 0.6 is 11.6 Å². The summed E-state index contributed by atoms with van der Waals surface area (Å²) in [6.07, 6.45) is 0. The van der Waals surface area contributed by atoms with Gasteiger partial charge in [0, 0.05) is 51.0 Å². The van der Waals surface area contributed by atoms with E-state index in [4.69, 9.17) is 21.3 Å². The van der Waals surface area contributed by atoms with Gasteiger partial charge in [0.25, 0.3) is 0 Å². The molecule has 30 heavy (non-hydrogen) atoms. The van der Waals surface area contributed by atoms with Gasteiger partial charge in [-0.3, -0.25) is 0 Å². The van der Waals surface area contributed by atoms with Gasteiger partial charge in [0.15, 0.2) is 0 Å². The second kappa shape index (κ2) is 8.62. The number of hydrogen-bond acceptors (Lipinski definition) is 8. The number of nitrogens with zero attached hydrogens (tertiary/aromatic N) is 7. The average molecular weight is 428 g/mol.